The molecule has 0 bridgehead atoms. The van der Waals surface area contributed by atoms with E-state index in [0.717, 1.165) is 5.92 Å². The van der Waals surface area contributed by atoms with Crippen LogP contribution in [-0.4, -0.2) is 15.8 Å². The fourth-order valence-corrected chi connectivity index (χ4v) is 2.97. The number of hydrogen-bond donors (Lipinski definition) is 1. The van der Waals surface area contributed by atoms with Gasteiger partial charge < -0.3 is 5.73 Å². The molecule has 1 aliphatic rings. The number of hydrogen-bond acceptors (Lipinski definition) is 2. The predicted octanol–water partition coefficient (Wildman–Crippen LogP) is 2.43. The minimum atomic E-state index is 0.331. The van der Waals surface area contributed by atoms with Gasteiger partial charge in [0.2, 0.25) is 0 Å². The van der Waals surface area contributed by atoms with Gasteiger partial charge in [0.25, 0.3) is 0 Å². The summed E-state index contributed by atoms with van der Waals surface area (Å²) in [5.74, 6) is 1.40. The van der Waals surface area contributed by atoms with Crippen LogP contribution in [0.25, 0.3) is 0 Å². The van der Waals surface area contributed by atoms with Crippen molar-refractivity contribution in [3.05, 3.63) is 18.0 Å². The van der Waals surface area contributed by atoms with Crippen LogP contribution in [0, 0.1) is 5.92 Å². The maximum atomic E-state index is 6.24. The van der Waals surface area contributed by atoms with E-state index in [0.29, 0.717) is 12.0 Å². The van der Waals surface area contributed by atoms with Crippen LogP contribution in [-0.2, 0) is 7.05 Å². The Morgan fingerprint density at radius 2 is 2.31 bits per heavy atom. The van der Waals surface area contributed by atoms with Gasteiger partial charge in [0.1, 0.15) is 0 Å². The number of nitrogens with zero attached hydrogens (tertiary/aromatic N) is 2. The molecule has 0 aliphatic heterocycles. The summed E-state index contributed by atoms with van der Waals surface area (Å²) in [6, 6.07) is 0.331. The monoisotopic (exact) mass is 221 g/mol. The van der Waals surface area contributed by atoms with Crippen molar-refractivity contribution in [2.24, 2.45) is 18.7 Å². The van der Waals surface area contributed by atoms with Crippen LogP contribution >= 0.6 is 0 Å². The molecule has 0 radical (unpaired) electrons. The van der Waals surface area contributed by atoms with Gasteiger partial charge in [-0.1, -0.05) is 19.8 Å². The quantitative estimate of drug-likeness (QED) is 0.852. The smallest absolute Gasteiger partial charge is 0.0525 e. The molecule has 1 aromatic heterocycles. The molecule has 3 nitrogen and oxygen atoms in total. The van der Waals surface area contributed by atoms with Crippen LogP contribution in [0.4, 0.5) is 0 Å². The van der Waals surface area contributed by atoms with Gasteiger partial charge in [-0.25, -0.2) is 0 Å². The summed E-state index contributed by atoms with van der Waals surface area (Å²) in [6.45, 7) is 2.27. The molecule has 0 aromatic carbocycles. The largest absolute Gasteiger partial charge is 0.327 e. The van der Waals surface area contributed by atoms with Crippen LogP contribution in [0.5, 0.6) is 0 Å². The second-order valence-electron chi connectivity index (χ2n) is 5.19. The van der Waals surface area contributed by atoms with Crippen LogP contribution in [0.1, 0.15) is 50.5 Å². The molecular formula is C13H23N3. The van der Waals surface area contributed by atoms with Gasteiger partial charge in [0.15, 0.2) is 0 Å². The average molecular weight is 221 g/mol. The maximum Gasteiger partial charge on any atom is 0.0525 e. The Morgan fingerprint density at radius 3 is 2.94 bits per heavy atom. The first-order valence-electron chi connectivity index (χ1n) is 6.44. The number of aryl methyl sites for hydroxylation is 1. The van der Waals surface area contributed by atoms with Crippen LogP contribution in [0.2, 0.25) is 0 Å². The van der Waals surface area contributed by atoms with Crippen molar-refractivity contribution in [1.82, 2.24) is 9.78 Å². The molecule has 1 heterocycles. The van der Waals surface area contributed by atoms with Gasteiger partial charge >= 0.3 is 0 Å². The summed E-state index contributed by atoms with van der Waals surface area (Å²) in [5, 5.41) is 4.26. The Bertz CT molecular complexity index is 332. The van der Waals surface area contributed by atoms with E-state index in [1.807, 2.05) is 17.9 Å². The van der Waals surface area contributed by atoms with E-state index in [1.54, 1.807) is 0 Å². The van der Waals surface area contributed by atoms with Crippen molar-refractivity contribution in [3.8, 4) is 0 Å². The summed E-state index contributed by atoms with van der Waals surface area (Å²) < 4.78 is 1.88. The fourth-order valence-electron chi connectivity index (χ4n) is 2.97. The Morgan fingerprint density at radius 1 is 1.50 bits per heavy atom. The lowest BCUT2D eigenvalue weighted by Crippen LogP contribution is -2.34. The van der Waals surface area contributed by atoms with Crippen LogP contribution in [0.3, 0.4) is 0 Å². The molecule has 2 rings (SSSR count). The maximum absolute atomic E-state index is 6.24. The molecule has 1 fully saturated rings. The first kappa shape index (κ1) is 11.6. The van der Waals surface area contributed by atoms with Gasteiger partial charge in [-0.15, -0.1) is 0 Å². The predicted molar refractivity (Wildman–Crippen MR) is 66.2 cm³/mol. The normalized spacial score (nSPS) is 30.6. The lowest BCUT2D eigenvalue weighted by Gasteiger charge is -2.33. The fraction of sp³-hybridized carbons (Fsp3) is 0.769. The molecular weight excluding hydrogens is 198 g/mol. The molecule has 16 heavy (non-hydrogen) atoms. The minimum absolute atomic E-state index is 0.331. The first-order valence-corrected chi connectivity index (χ1v) is 6.44. The van der Waals surface area contributed by atoms with E-state index in [9.17, 15) is 0 Å². The molecule has 0 saturated heterocycles. The van der Waals surface area contributed by atoms with Crippen molar-refractivity contribution in [2.75, 3.05) is 0 Å². The third kappa shape index (κ3) is 2.46. The standard InChI is InChI=1S/C13H23N3/c1-3-4-10-5-6-13(14)12(7-10)11-8-15-16(2)9-11/h8-10,12-13H,3-7,14H2,1-2H3. The molecule has 1 saturated carbocycles. The highest BCUT2D eigenvalue weighted by atomic mass is 15.2. The molecule has 2 N–H and O–H groups in total. The molecule has 90 valence electrons. The van der Waals surface area contributed by atoms with Gasteiger partial charge in [-0.3, -0.25) is 4.68 Å². The Kier molecular flexibility index (Phi) is 3.64. The van der Waals surface area contributed by atoms with Crippen LogP contribution < -0.4 is 5.73 Å². The summed E-state index contributed by atoms with van der Waals surface area (Å²) in [4.78, 5) is 0. The van der Waals surface area contributed by atoms with Crippen molar-refractivity contribution < 1.29 is 0 Å². The zero-order valence-electron chi connectivity index (χ0n) is 10.4. The summed E-state index contributed by atoms with van der Waals surface area (Å²) in [6.07, 6.45) is 10.5. The van der Waals surface area contributed by atoms with E-state index in [-0.39, 0.29) is 0 Å². The van der Waals surface area contributed by atoms with Crippen molar-refractivity contribution in [3.63, 3.8) is 0 Å². The van der Waals surface area contributed by atoms with Gasteiger partial charge in [-0.2, -0.15) is 5.10 Å². The lowest BCUT2D eigenvalue weighted by atomic mass is 9.74. The zero-order chi connectivity index (χ0) is 11.5. The van der Waals surface area contributed by atoms with E-state index in [1.165, 1.54) is 37.7 Å². The van der Waals surface area contributed by atoms with Gasteiger partial charge in [-0.05, 0) is 30.7 Å². The second kappa shape index (κ2) is 5.00. The Hall–Kier alpha value is -0.830. The topological polar surface area (TPSA) is 43.8 Å². The molecule has 1 aromatic rings. The van der Waals surface area contributed by atoms with Crippen molar-refractivity contribution in [2.45, 2.75) is 51.0 Å². The highest BCUT2D eigenvalue weighted by molar-refractivity contribution is 5.15. The van der Waals surface area contributed by atoms with E-state index < -0.39 is 0 Å². The molecule has 3 atom stereocenters. The molecule has 0 spiro atoms. The SMILES string of the molecule is CCCC1CCC(N)C(c2cnn(C)c2)C1. The third-order valence-electron chi connectivity index (χ3n) is 3.86. The van der Waals surface area contributed by atoms with E-state index in [2.05, 4.69) is 18.2 Å². The van der Waals surface area contributed by atoms with Crippen molar-refractivity contribution in [1.29, 1.82) is 0 Å². The summed E-state index contributed by atoms with van der Waals surface area (Å²) in [7, 11) is 1.97. The summed E-state index contributed by atoms with van der Waals surface area (Å²) in [5.41, 5.74) is 7.57. The van der Waals surface area contributed by atoms with Crippen LogP contribution in [0.15, 0.2) is 12.4 Å². The Balaban J connectivity index is 2.06. The molecule has 0 amide bonds. The third-order valence-corrected chi connectivity index (χ3v) is 3.86. The lowest BCUT2D eigenvalue weighted by molar-refractivity contribution is 0.274. The number of aromatic nitrogens is 2. The number of nitrogens with two attached hydrogens (primary N) is 1. The van der Waals surface area contributed by atoms with Crippen molar-refractivity contribution >= 4 is 0 Å². The molecule has 3 heteroatoms. The molecule has 3 unspecified atom stereocenters. The zero-order valence-corrected chi connectivity index (χ0v) is 10.4. The molecule has 1 aliphatic carbocycles. The highest BCUT2D eigenvalue weighted by Gasteiger charge is 2.29. The number of rotatable bonds is 3. The van der Waals surface area contributed by atoms with Gasteiger partial charge in [0.05, 0.1) is 6.20 Å². The van der Waals surface area contributed by atoms with Gasteiger partial charge in [0, 0.05) is 25.2 Å². The minimum Gasteiger partial charge on any atom is -0.327 e. The van der Waals surface area contributed by atoms with E-state index in [4.69, 9.17) is 5.73 Å². The highest BCUT2D eigenvalue weighted by Crippen LogP contribution is 2.37. The first-order chi connectivity index (χ1) is 7.70. The Labute approximate surface area is 98.0 Å². The average Bonchev–Trinajstić information content (AvgIpc) is 2.68. The van der Waals surface area contributed by atoms with E-state index >= 15 is 0 Å². The second-order valence-corrected chi connectivity index (χ2v) is 5.19. The summed E-state index contributed by atoms with van der Waals surface area (Å²) >= 11 is 0.